The van der Waals surface area contributed by atoms with Gasteiger partial charge in [0.15, 0.2) is 0 Å². The quantitative estimate of drug-likeness (QED) is 0.795. The van der Waals surface area contributed by atoms with Gasteiger partial charge in [0.1, 0.15) is 6.54 Å². The molecule has 0 radical (unpaired) electrons. The van der Waals surface area contributed by atoms with Gasteiger partial charge in [-0.15, -0.1) is 0 Å². The standard InChI is InChI=1S/C11H14BrNO3/c1-3-4-16-10(14)7-13-6-9(12)5-8(2)11(13)15/h5-6H,3-4,7H2,1-2H3. The molecule has 0 fully saturated rings. The first-order valence-electron chi connectivity index (χ1n) is 5.06. The summed E-state index contributed by atoms with van der Waals surface area (Å²) in [7, 11) is 0. The van der Waals surface area contributed by atoms with Gasteiger partial charge in [-0.1, -0.05) is 6.92 Å². The van der Waals surface area contributed by atoms with Crippen LogP contribution in [0, 0.1) is 6.92 Å². The van der Waals surface area contributed by atoms with Crippen LogP contribution in [0.1, 0.15) is 18.9 Å². The molecule has 0 spiro atoms. The highest BCUT2D eigenvalue weighted by atomic mass is 79.9. The predicted octanol–water partition coefficient (Wildman–Crippen LogP) is 1.87. The Kier molecular flexibility index (Phi) is 4.73. The van der Waals surface area contributed by atoms with Crippen molar-refractivity contribution in [1.82, 2.24) is 4.57 Å². The maximum absolute atomic E-state index is 11.7. The van der Waals surface area contributed by atoms with E-state index in [4.69, 9.17) is 4.74 Å². The second-order valence-corrected chi connectivity index (χ2v) is 4.41. The van der Waals surface area contributed by atoms with Gasteiger partial charge >= 0.3 is 5.97 Å². The SMILES string of the molecule is CCCOC(=O)Cn1cc(Br)cc(C)c1=O. The Morgan fingerprint density at radius 3 is 2.88 bits per heavy atom. The summed E-state index contributed by atoms with van der Waals surface area (Å²) >= 11 is 3.28. The largest absolute Gasteiger partial charge is 0.464 e. The number of hydrogen-bond donors (Lipinski definition) is 0. The van der Waals surface area contributed by atoms with Crippen LogP contribution in [0.2, 0.25) is 0 Å². The highest BCUT2D eigenvalue weighted by Gasteiger charge is 2.07. The Labute approximate surface area is 102 Å². The lowest BCUT2D eigenvalue weighted by molar-refractivity contribution is -0.144. The Morgan fingerprint density at radius 2 is 2.25 bits per heavy atom. The lowest BCUT2D eigenvalue weighted by atomic mass is 10.3. The third kappa shape index (κ3) is 3.48. The molecule has 0 aromatic carbocycles. The number of ether oxygens (including phenoxy) is 1. The second kappa shape index (κ2) is 5.84. The van der Waals surface area contributed by atoms with Gasteiger partial charge in [0.05, 0.1) is 6.61 Å². The van der Waals surface area contributed by atoms with Gasteiger partial charge in [0.2, 0.25) is 0 Å². The third-order valence-electron chi connectivity index (χ3n) is 2.00. The van der Waals surface area contributed by atoms with Gasteiger partial charge in [-0.25, -0.2) is 0 Å². The van der Waals surface area contributed by atoms with Crippen LogP contribution in [-0.4, -0.2) is 17.1 Å². The summed E-state index contributed by atoms with van der Waals surface area (Å²) in [6, 6.07) is 1.72. The van der Waals surface area contributed by atoms with E-state index in [1.165, 1.54) is 4.57 Å². The number of rotatable bonds is 4. The van der Waals surface area contributed by atoms with Crippen LogP contribution < -0.4 is 5.56 Å². The minimum absolute atomic E-state index is 0.0425. The summed E-state index contributed by atoms with van der Waals surface area (Å²) in [4.78, 5) is 23.0. The minimum atomic E-state index is -0.388. The molecule has 1 heterocycles. The number of nitrogens with zero attached hydrogens (tertiary/aromatic N) is 1. The number of hydrogen-bond acceptors (Lipinski definition) is 3. The van der Waals surface area contributed by atoms with Crippen molar-refractivity contribution in [3.8, 4) is 0 Å². The Morgan fingerprint density at radius 1 is 1.56 bits per heavy atom. The minimum Gasteiger partial charge on any atom is -0.464 e. The van der Waals surface area contributed by atoms with E-state index in [2.05, 4.69) is 15.9 Å². The van der Waals surface area contributed by atoms with Crippen LogP contribution in [-0.2, 0) is 16.1 Å². The van der Waals surface area contributed by atoms with Crippen molar-refractivity contribution < 1.29 is 9.53 Å². The summed E-state index contributed by atoms with van der Waals surface area (Å²) in [5, 5.41) is 0. The van der Waals surface area contributed by atoms with Crippen molar-refractivity contribution in [2.45, 2.75) is 26.8 Å². The first-order valence-corrected chi connectivity index (χ1v) is 5.86. The number of aryl methyl sites for hydroxylation is 1. The van der Waals surface area contributed by atoms with E-state index in [-0.39, 0.29) is 18.1 Å². The van der Waals surface area contributed by atoms with Gasteiger partial charge in [0.25, 0.3) is 5.56 Å². The molecular weight excluding hydrogens is 274 g/mol. The first-order chi connectivity index (χ1) is 7.54. The lowest BCUT2D eigenvalue weighted by Gasteiger charge is -2.07. The Bertz CT molecular complexity index is 439. The number of halogens is 1. The van der Waals surface area contributed by atoms with Crippen LogP contribution >= 0.6 is 15.9 Å². The maximum Gasteiger partial charge on any atom is 0.326 e. The van der Waals surface area contributed by atoms with E-state index in [1.807, 2.05) is 6.92 Å². The Hall–Kier alpha value is -1.10. The molecule has 0 aliphatic rings. The first kappa shape index (κ1) is 13.0. The zero-order valence-electron chi connectivity index (χ0n) is 9.33. The number of esters is 1. The smallest absolute Gasteiger partial charge is 0.326 e. The molecule has 0 saturated heterocycles. The van der Waals surface area contributed by atoms with Gasteiger partial charge < -0.3 is 9.30 Å². The molecule has 0 amide bonds. The molecular formula is C11H14BrNO3. The fourth-order valence-corrected chi connectivity index (χ4v) is 1.85. The molecule has 16 heavy (non-hydrogen) atoms. The number of aromatic nitrogens is 1. The van der Waals surface area contributed by atoms with Crippen molar-refractivity contribution in [3.63, 3.8) is 0 Å². The van der Waals surface area contributed by atoms with Crippen LogP contribution in [0.5, 0.6) is 0 Å². The van der Waals surface area contributed by atoms with E-state index in [1.54, 1.807) is 19.2 Å². The molecule has 0 unspecified atom stereocenters. The summed E-state index contributed by atoms with van der Waals surface area (Å²) in [5.41, 5.74) is 0.425. The molecule has 0 aliphatic heterocycles. The van der Waals surface area contributed by atoms with Crippen LogP contribution in [0.3, 0.4) is 0 Å². The highest BCUT2D eigenvalue weighted by molar-refractivity contribution is 9.10. The van der Waals surface area contributed by atoms with Gasteiger partial charge in [-0.2, -0.15) is 0 Å². The van der Waals surface area contributed by atoms with Gasteiger partial charge in [-0.3, -0.25) is 9.59 Å². The predicted molar refractivity (Wildman–Crippen MR) is 64.4 cm³/mol. The van der Waals surface area contributed by atoms with Gasteiger partial charge in [-0.05, 0) is 35.3 Å². The molecule has 4 nitrogen and oxygen atoms in total. The van der Waals surface area contributed by atoms with Crippen molar-refractivity contribution in [3.05, 3.63) is 32.7 Å². The molecule has 0 saturated carbocycles. The maximum atomic E-state index is 11.7. The lowest BCUT2D eigenvalue weighted by Crippen LogP contribution is -2.26. The van der Waals surface area contributed by atoms with E-state index >= 15 is 0 Å². The van der Waals surface area contributed by atoms with E-state index < -0.39 is 0 Å². The molecule has 0 aliphatic carbocycles. The zero-order chi connectivity index (χ0) is 12.1. The van der Waals surface area contributed by atoms with Crippen molar-refractivity contribution in [1.29, 1.82) is 0 Å². The molecule has 1 aromatic heterocycles. The van der Waals surface area contributed by atoms with Crippen molar-refractivity contribution >= 4 is 21.9 Å². The summed E-state index contributed by atoms with van der Waals surface area (Å²) < 4.78 is 7.03. The molecule has 1 aromatic rings. The normalized spacial score (nSPS) is 10.2. The van der Waals surface area contributed by atoms with Crippen molar-refractivity contribution in [2.75, 3.05) is 6.61 Å². The van der Waals surface area contributed by atoms with Crippen LogP contribution in [0.25, 0.3) is 0 Å². The average Bonchev–Trinajstić information content (AvgIpc) is 2.22. The summed E-state index contributed by atoms with van der Waals surface area (Å²) in [5.74, 6) is -0.388. The number of carbonyl (C=O) groups is 1. The summed E-state index contributed by atoms with van der Waals surface area (Å²) in [6.07, 6.45) is 2.36. The number of carbonyl (C=O) groups excluding carboxylic acids is 1. The second-order valence-electron chi connectivity index (χ2n) is 3.49. The summed E-state index contributed by atoms with van der Waals surface area (Å²) in [6.45, 7) is 3.98. The Balaban J connectivity index is 2.81. The van der Waals surface area contributed by atoms with Crippen molar-refractivity contribution in [2.24, 2.45) is 0 Å². The fourth-order valence-electron chi connectivity index (χ4n) is 1.26. The highest BCUT2D eigenvalue weighted by Crippen LogP contribution is 2.07. The molecule has 0 N–H and O–H groups in total. The molecule has 0 bridgehead atoms. The zero-order valence-corrected chi connectivity index (χ0v) is 10.9. The molecule has 0 atom stereocenters. The third-order valence-corrected chi connectivity index (χ3v) is 2.43. The van der Waals surface area contributed by atoms with Gasteiger partial charge in [0, 0.05) is 16.2 Å². The monoisotopic (exact) mass is 287 g/mol. The van der Waals surface area contributed by atoms with Crippen LogP contribution in [0.15, 0.2) is 21.5 Å². The number of pyridine rings is 1. The van der Waals surface area contributed by atoms with E-state index in [9.17, 15) is 9.59 Å². The van der Waals surface area contributed by atoms with E-state index in [0.717, 1.165) is 10.9 Å². The van der Waals surface area contributed by atoms with E-state index in [0.29, 0.717) is 12.2 Å². The molecule has 5 heteroatoms. The average molecular weight is 288 g/mol. The topological polar surface area (TPSA) is 48.3 Å². The fraction of sp³-hybridized carbons (Fsp3) is 0.455. The molecule has 1 rings (SSSR count). The molecule has 88 valence electrons. The van der Waals surface area contributed by atoms with Crippen LogP contribution in [0.4, 0.5) is 0 Å².